The van der Waals surface area contributed by atoms with Crippen LogP contribution in [0.4, 0.5) is 0 Å². The van der Waals surface area contributed by atoms with Crippen LogP contribution in [-0.2, 0) is 14.3 Å². The summed E-state index contributed by atoms with van der Waals surface area (Å²) in [6.45, 7) is 5.41. The van der Waals surface area contributed by atoms with Crippen molar-refractivity contribution in [1.82, 2.24) is 0 Å². The van der Waals surface area contributed by atoms with Gasteiger partial charge in [0, 0.05) is 6.42 Å². The summed E-state index contributed by atoms with van der Waals surface area (Å²) in [5.41, 5.74) is -0.454. The van der Waals surface area contributed by atoms with Crippen LogP contribution < -0.4 is 0 Å². The van der Waals surface area contributed by atoms with Gasteiger partial charge in [-0.15, -0.1) is 0 Å². The van der Waals surface area contributed by atoms with Crippen LogP contribution in [0.5, 0.6) is 0 Å². The molecule has 1 heterocycles. The molecule has 1 rings (SSSR count). The number of esters is 1. The molecule has 2 atom stereocenters. The van der Waals surface area contributed by atoms with Gasteiger partial charge in [0.15, 0.2) is 0 Å². The fourth-order valence-corrected chi connectivity index (χ4v) is 2.01. The van der Waals surface area contributed by atoms with Gasteiger partial charge in [0.2, 0.25) is 0 Å². The van der Waals surface area contributed by atoms with Gasteiger partial charge < -0.3 is 9.47 Å². The number of carbonyl (C=O) groups excluding carboxylic acids is 1. The second-order valence-electron chi connectivity index (χ2n) is 3.74. The van der Waals surface area contributed by atoms with Gasteiger partial charge in [-0.05, 0) is 19.1 Å². The first kappa shape index (κ1) is 11.4. The predicted octanol–water partition coefficient (Wildman–Crippen LogP) is 1.93. The van der Waals surface area contributed by atoms with E-state index in [4.69, 9.17) is 9.47 Å². The van der Waals surface area contributed by atoms with Crippen LogP contribution in [-0.4, -0.2) is 23.4 Å². The quantitative estimate of drug-likeness (QED) is 0.443. The molecule has 1 aliphatic heterocycles. The summed E-state index contributed by atoms with van der Waals surface area (Å²) in [5.74, 6) is 0.509. The maximum absolute atomic E-state index is 11.3. The molecule has 0 bridgehead atoms. The molecular formula is C10H16O3S. The fraction of sp³-hybridized carbons (Fsp3) is 0.700. The molecule has 0 aromatic heterocycles. The second kappa shape index (κ2) is 4.73. The van der Waals surface area contributed by atoms with Crippen LogP contribution in [0.1, 0.15) is 26.2 Å². The molecule has 0 radical (unpaired) electrons. The molecule has 4 heteroatoms. The summed E-state index contributed by atoms with van der Waals surface area (Å²) in [6.07, 6.45) is 3.09. The van der Waals surface area contributed by atoms with Crippen LogP contribution >= 0.6 is 12.6 Å². The molecular weight excluding hydrogens is 200 g/mol. The van der Waals surface area contributed by atoms with Crippen molar-refractivity contribution in [3.8, 4) is 0 Å². The first-order chi connectivity index (χ1) is 6.59. The van der Waals surface area contributed by atoms with Gasteiger partial charge in [-0.25, -0.2) is 0 Å². The third-order valence-electron chi connectivity index (χ3n) is 2.29. The Morgan fingerprint density at radius 1 is 1.86 bits per heavy atom. The van der Waals surface area contributed by atoms with Crippen LogP contribution in [0.3, 0.4) is 0 Å². The van der Waals surface area contributed by atoms with Gasteiger partial charge in [-0.1, -0.05) is 6.58 Å². The van der Waals surface area contributed by atoms with Gasteiger partial charge >= 0.3 is 5.97 Å². The Hall–Kier alpha value is -0.640. The highest BCUT2D eigenvalue weighted by Crippen LogP contribution is 2.30. The van der Waals surface area contributed by atoms with Crippen molar-refractivity contribution in [1.29, 1.82) is 0 Å². The van der Waals surface area contributed by atoms with E-state index in [9.17, 15) is 4.79 Å². The molecule has 1 saturated heterocycles. The molecule has 0 N–H and O–H groups in total. The van der Waals surface area contributed by atoms with Gasteiger partial charge in [-0.2, -0.15) is 12.6 Å². The number of thiol groups is 1. The zero-order valence-electron chi connectivity index (χ0n) is 8.36. The topological polar surface area (TPSA) is 35.5 Å². The summed E-state index contributed by atoms with van der Waals surface area (Å²) in [4.78, 5) is 11.3. The number of carbonyl (C=O) groups is 1. The number of ether oxygens (including phenoxy) is 2. The molecule has 1 fully saturated rings. The number of hydrogen-bond donors (Lipinski definition) is 1. The largest absolute Gasteiger partial charge is 0.495 e. The zero-order valence-corrected chi connectivity index (χ0v) is 9.26. The summed E-state index contributed by atoms with van der Waals surface area (Å²) >= 11 is 4.12. The van der Waals surface area contributed by atoms with Crippen LogP contribution in [0.25, 0.3) is 0 Å². The Bertz CT molecular complexity index is 229. The summed E-state index contributed by atoms with van der Waals surface area (Å²) in [6, 6.07) is 0. The molecule has 1 aliphatic rings. The normalized spacial score (nSPS) is 32.1. The van der Waals surface area contributed by atoms with Crippen LogP contribution in [0.15, 0.2) is 12.8 Å². The lowest BCUT2D eigenvalue weighted by atomic mass is 9.91. The smallest absolute Gasteiger partial charge is 0.310 e. The zero-order chi connectivity index (χ0) is 10.6. The van der Waals surface area contributed by atoms with E-state index >= 15 is 0 Å². The second-order valence-corrected chi connectivity index (χ2v) is 4.19. The van der Waals surface area contributed by atoms with Crippen molar-refractivity contribution in [2.45, 2.75) is 37.9 Å². The minimum atomic E-state index is -0.454. The molecule has 0 amide bonds. The highest BCUT2D eigenvalue weighted by atomic mass is 32.1. The Kier molecular flexibility index (Phi) is 3.86. The average molecular weight is 216 g/mol. The number of hydrogen-bond acceptors (Lipinski definition) is 4. The van der Waals surface area contributed by atoms with E-state index in [0.29, 0.717) is 18.6 Å². The van der Waals surface area contributed by atoms with Crippen molar-refractivity contribution in [3.63, 3.8) is 0 Å². The Balaban J connectivity index is 2.61. The van der Waals surface area contributed by atoms with Crippen LogP contribution in [0, 0.1) is 0 Å². The van der Waals surface area contributed by atoms with Gasteiger partial charge in [0.25, 0.3) is 0 Å². The standard InChI is InChI=1S/C10H16O3S/c1-3-12-10(2)6-8(4-5-14)13-9(11)7-10/h3,8,14H,1,4-7H2,2H3. The van der Waals surface area contributed by atoms with Crippen molar-refractivity contribution in [3.05, 3.63) is 12.8 Å². The van der Waals surface area contributed by atoms with Crippen molar-refractivity contribution < 1.29 is 14.3 Å². The third kappa shape index (κ3) is 2.94. The Labute approximate surface area is 89.9 Å². The van der Waals surface area contributed by atoms with E-state index in [2.05, 4.69) is 19.2 Å². The molecule has 80 valence electrons. The summed E-state index contributed by atoms with van der Waals surface area (Å²) < 4.78 is 10.5. The molecule has 3 nitrogen and oxygen atoms in total. The lowest BCUT2D eigenvalue weighted by molar-refractivity contribution is -0.168. The lowest BCUT2D eigenvalue weighted by Crippen LogP contribution is -2.42. The van der Waals surface area contributed by atoms with E-state index < -0.39 is 5.60 Å². The number of cyclic esters (lactones) is 1. The minimum absolute atomic E-state index is 0.0706. The Morgan fingerprint density at radius 2 is 2.57 bits per heavy atom. The minimum Gasteiger partial charge on any atom is -0.495 e. The van der Waals surface area contributed by atoms with Gasteiger partial charge in [0.05, 0.1) is 12.7 Å². The Morgan fingerprint density at radius 3 is 3.14 bits per heavy atom. The highest BCUT2D eigenvalue weighted by Gasteiger charge is 2.38. The predicted molar refractivity (Wildman–Crippen MR) is 57.3 cm³/mol. The maximum atomic E-state index is 11.3. The number of rotatable bonds is 4. The van der Waals surface area contributed by atoms with E-state index in [1.807, 2.05) is 6.92 Å². The molecule has 0 aliphatic carbocycles. The van der Waals surface area contributed by atoms with Gasteiger partial charge in [0.1, 0.15) is 11.7 Å². The third-order valence-corrected chi connectivity index (χ3v) is 2.55. The monoisotopic (exact) mass is 216 g/mol. The molecule has 14 heavy (non-hydrogen) atoms. The van der Waals surface area contributed by atoms with Crippen molar-refractivity contribution >= 4 is 18.6 Å². The average Bonchev–Trinajstić information content (AvgIpc) is 2.02. The van der Waals surface area contributed by atoms with Crippen LogP contribution in [0.2, 0.25) is 0 Å². The first-order valence-corrected chi connectivity index (χ1v) is 5.32. The van der Waals surface area contributed by atoms with Crippen molar-refractivity contribution in [2.75, 3.05) is 5.75 Å². The van der Waals surface area contributed by atoms with E-state index in [1.54, 1.807) is 0 Å². The van der Waals surface area contributed by atoms with E-state index in [0.717, 1.165) is 6.42 Å². The lowest BCUT2D eigenvalue weighted by Gasteiger charge is -2.36. The highest BCUT2D eigenvalue weighted by molar-refractivity contribution is 7.80. The maximum Gasteiger partial charge on any atom is 0.310 e. The van der Waals surface area contributed by atoms with Gasteiger partial charge in [-0.3, -0.25) is 4.79 Å². The summed E-state index contributed by atoms with van der Waals surface area (Å²) in [7, 11) is 0. The molecule has 0 aromatic rings. The molecule has 0 aromatic carbocycles. The fourth-order valence-electron chi connectivity index (χ4n) is 1.72. The SMILES string of the molecule is C=COC1(C)CC(=O)OC(CCS)C1. The molecule has 0 saturated carbocycles. The first-order valence-electron chi connectivity index (χ1n) is 4.69. The summed E-state index contributed by atoms with van der Waals surface area (Å²) in [5, 5.41) is 0. The van der Waals surface area contributed by atoms with E-state index in [-0.39, 0.29) is 12.1 Å². The van der Waals surface area contributed by atoms with Crippen molar-refractivity contribution in [2.24, 2.45) is 0 Å². The molecule has 0 spiro atoms. The van der Waals surface area contributed by atoms with E-state index in [1.165, 1.54) is 6.26 Å². The molecule has 2 unspecified atom stereocenters.